The van der Waals surface area contributed by atoms with E-state index in [2.05, 4.69) is 56.1 Å². The monoisotopic (exact) mass is 382 g/mol. The molecule has 19 heavy (non-hydrogen) atoms. The van der Waals surface area contributed by atoms with Crippen molar-refractivity contribution < 1.29 is 5.11 Å². The van der Waals surface area contributed by atoms with Crippen molar-refractivity contribution in [3.8, 4) is 0 Å². The van der Waals surface area contributed by atoms with E-state index in [0.29, 0.717) is 0 Å². The minimum absolute atomic E-state index is 0.372. The Morgan fingerprint density at radius 1 is 0.842 bits per heavy atom. The Morgan fingerprint density at radius 2 is 1.37 bits per heavy atom. The molecule has 3 heteroatoms. The molecule has 0 saturated heterocycles. The summed E-state index contributed by atoms with van der Waals surface area (Å²) in [7, 11) is 0. The summed E-state index contributed by atoms with van der Waals surface area (Å²) < 4.78 is 2.14. The highest BCUT2D eigenvalue weighted by Crippen LogP contribution is 2.22. The standard InChI is InChI=1S/C16H16Br2O/c17-14-8-4-12(5-9-14)2-1-3-16(19)13-6-10-15(18)11-7-13/h4-11,16,19H,1-3H2. The van der Waals surface area contributed by atoms with Gasteiger partial charge in [-0.1, -0.05) is 56.1 Å². The zero-order chi connectivity index (χ0) is 13.7. The Balaban J connectivity index is 1.82. The third-order valence-electron chi connectivity index (χ3n) is 3.11. The molecule has 0 saturated carbocycles. The molecule has 0 aliphatic heterocycles. The van der Waals surface area contributed by atoms with Crippen LogP contribution < -0.4 is 0 Å². The predicted octanol–water partition coefficient (Wildman–Crippen LogP) is 5.27. The van der Waals surface area contributed by atoms with Gasteiger partial charge in [-0.25, -0.2) is 0 Å². The Hall–Kier alpha value is -0.640. The highest BCUT2D eigenvalue weighted by Gasteiger charge is 2.07. The number of hydrogen-bond acceptors (Lipinski definition) is 1. The maximum absolute atomic E-state index is 10.1. The SMILES string of the molecule is OC(CCCc1ccc(Br)cc1)c1ccc(Br)cc1. The van der Waals surface area contributed by atoms with Gasteiger partial charge in [-0.3, -0.25) is 0 Å². The van der Waals surface area contributed by atoms with Gasteiger partial charge in [-0.2, -0.15) is 0 Å². The highest BCUT2D eigenvalue weighted by molar-refractivity contribution is 9.10. The van der Waals surface area contributed by atoms with Gasteiger partial charge in [0.05, 0.1) is 6.10 Å². The molecule has 0 aromatic heterocycles. The van der Waals surface area contributed by atoms with Crippen molar-refractivity contribution in [2.24, 2.45) is 0 Å². The minimum Gasteiger partial charge on any atom is -0.388 e. The fraction of sp³-hybridized carbons (Fsp3) is 0.250. The van der Waals surface area contributed by atoms with Crippen molar-refractivity contribution >= 4 is 31.9 Å². The van der Waals surface area contributed by atoms with Crippen LogP contribution in [0.5, 0.6) is 0 Å². The highest BCUT2D eigenvalue weighted by atomic mass is 79.9. The first-order valence-electron chi connectivity index (χ1n) is 6.33. The normalized spacial score (nSPS) is 12.4. The van der Waals surface area contributed by atoms with Gasteiger partial charge in [-0.05, 0) is 54.7 Å². The lowest BCUT2D eigenvalue weighted by atomic mass is 10.0. The van der Waals surface area contributed by atoms with Gasteiger partial charge in [0, 0.05) is 8.95 Å². The molecule has 0 aliphatic carbocycles. The molecule has 0 bridgehead atoms. The van der Waals surface area contributed by atoms with Crippen LogP contribution in [0, 0.1) is 0 Å². The van der Waals surface area contributed by atoms with E-state index in [-0.39, 0.29) is 6.10 Å². The van der Waals surface area contributed by atoms with E-state index in [0.717, 1.165) is 33.8 Å². The van der Waals surface area contributed by atoms with Gasteiger partial charge in [0.2, 0.25) is 0 Å². The van der Waals surface area contributed by atoms with Crippen LogP contribution in [0.4, 0.5) is 0 Å². The lowest BCUT2D eigenvalue weighted by molar-refractivity contribution is 0.164. The molecule has 1 atom stereocenters. The number of halogens is 2. The van der Waals surface area contributed by atoms with Crippen molar-refractivity contribution in [3.05, 3.63) is 68.6 Å². The van der Waals surface area contributed by atoms with E-state index >= 15 is 0 Å². The second-order valence-corrected chi connectivity index (χ2v) is 6.42. The molecule has 0 amide bonds. The molecule has 0 heterocycles. The van der Waals surface area contributed by atoms with Crippen molar-refractivity contribution in [2.75, 3.05) is 0 Å². The summed E-state index contributed by atoms with van der Waals surface area (Å²) in [5, 5.41) is 10.1. The molecule has 1 unspecified atom stereocenters. The van der Waals surface area contributed by atoms with E-state index in [1.54, 1.807) is 0 Å². The van der Waals surface area contributed by atoms with Crippen molar-refractivity contribution in [2.45, 2.75) is 25.4 Å². The van der Waals surface area contributed by atoms with Crippen LogP contribution in [-0.4, -0.2) is 5.11 Å². The quantitative estimate of drug-likeness (QED) is 0.745. The summed E-state index contributed by atoms with van der Waals surface area (Å²) in [6.45, 7) is 0. The largest absolute Gasteiger partial charge is 0.388 e. The van der Waals surface area contributed by atoms with Crippen molar-refractivity contribution in [3.63, 3.8) is 0 Å². The van der Waals surface area contributed by atoms with Gasteiger partial charge in [0.25, 0.3) is 0 Å². The van der Waals surface area contributed by atoms with E-state index in [1.807, 2.05) is 24.3 Å². The van der Waals surface area contributed by atoms with Crippen LogP contribution in [0.15, 0.2) is 57.5 Å². The minimum atomic E-state index is -0.372. The zero-order valence-corrected chi connectivity index (χ0v) is 13.7. The van der Waals surface area contributed by atoms with Crippen LogP contribution in [0.2, 0.25) is 0 Å². The van der Waals surface area contributed by atoms with Crippen molar-refractivity contribution in [1.82, 2.24) is 0 Å². The lowest BCUT2D eigenvalue weighted by Crippen LogP contribution is -1.98. The van der Waals surface area contributed by atoms with E-state index in [1.165, 1.54) is 5.56 Å². The summed E-state index contributed by atoms with van der Waals surface area (Å²) in [5.74, 6) is 0. The first kappa shape index (κ1) is 14.8. The summed E-state index contributed by atoms with van der Waals surface area (Å²) in [4.78, 5) is 0. The molecule has 0 fully saturated rings. The predicted molar refractivity (Wildman–Crippen MR) is 86.2 cm³/mol. The van der Waals surface area contributed by atoms with Gasteiger partial charge in [0.1, 0.15) is 0 Å². The third kappa shape index (κ3) is 4.75. The van der Waals surface area contributed by atoms with Crippen LogP contribution in [-0.2, 0) is 6.42 Å². The van der Waals surface area contributed by atoms with E-state index < -0.39 is 0 Å². The number of aliphatic hydroxyl groups excluding tert-OH is 1. The van der Waals surface area contributed by atoms with E-state index in [4.69, 9.17) is 0 Å². The van der Waals surface area contributed by atoms with Crippen LogP contribution in [0.1, 0.15) is 30.1 Å². The number of aliphatic hydroxyl groups is 1. The van der Waals surface area contributed by atoms with Gasteiger partial charge >= 0.3 is 0 Å². The average Bonchev–Trinajstić information content (AvgIpc) is 2.41. The topological polar surface area (TPSA) is 20.2 Å². The molecular formula is C16H16Br2O. The first-order valence-corrected chi connectivity index (χ1v) is 7.92. The summed E-state index contributed by atoms with van der Waals surface area (Å²) in [6.07, 6.45) is 2.40. The van der Waals surface area contributed by atoms with E-state index in [9.17, 15) is 5.11 Å². The lowest BCUT2D eigenvalue weighted by Gasteiger charge is -2.11. The number of hydrogen-bond donors (Lipinski definition) is 1. The fourth-order valence-electron chi connectivity index (χ4n) is 2.00. The molecule has 1 N–H and O–H groups in total. The molecule has 1 nitrogen and oxygen atoms in total. The number of rotatable bonds is 5. The fourth-order valence-corrected chi connectivity index (χ4v) is 2.53. The van der Waals surface area contributed by atoms with Crippen LogP contribution in [0.25, 0.3) is 0 Å². The average molecular weight is 384 g/mol. The molecule has 100 valence electrons. The zero-order valence-electron chi connectivity index (χ0n) is 10.5. The molecule has 2 rings (SSSR count). The summed E-state index contributed by atoms with van der Waals surface area (Å²) in [6, 6.07) is 16.2. The maximum atomic E-state index is 10.1. The van der Waals surface area contributed by atoms with Crippen LogP contribution >= 0.6 is 31.9 Å². The van der Waals surface area contributed by atoms with Gasteiger partial charge < -0.3 is 5.11 Å². The molecule has 2 aromatic rings. The molecule has 0 radical (unpaired) electrons. The second kappa shape index (κ2) is 7.22. The molecule has 0 aliphatic rings. The smallest absolute Gasteiger partial charge is 0.0790 e. The van der Waals surface area contributed by atoms with Gasteiger partial charge in [0.15, 0.2) is 0 Å². The Kier molecular flexibility index (Phi) is 5.61. The number of aryl methyl sites for hydroxylation is 1. The summed E-state index contributed by atoms with van der Waals surface area (Å²) in [5.41, 5.74) is 2.30. The molecule has 2 aromatic carbocycles. The first-order chi connectivity index (χ1) is 9.15. The Bertz CT molecular complexity index is 505. The second-order valence-electron chi connectivity index (χ2n) is 4.59. The Morgan fingerprint density at radius 3 is 1.95 bits per heavy atom. The maximum Gasteiger partial charge on any atom is 0.0790 e. The third-order valence-corrected chi connectivity index (χ3v) is 4.17. The molecular weight excluding hydrogens is 368 g/mol. The molecule has 0 spiro atoms. The van der Waals surface area contributed by atoms with Gasteiger partial charge in [-0.15, -0.1) is 0 Å². The number of benzene rings is 2. The van der Waals surface area contributed by atoms with Crippen LogP contribution in [0.3, 0.4) is 0 Å². The van der Waals surface area contributed by atoms with Crippen molar-refractivity contribution in [1.29, 1.82) is 0 Å². The Labute approximate surface area is 130 Å². The summed E-state index contributed by atoms with van der Waals surface area (Å²) >= 11 is 6.83.